The normalized spacial score (nSPS) is 27.8. The molecular formula is C21H25NO. The Morgan fingerprint density at radius 3 is 2.70 bits per heavy atom. The first-order valence-corrected chi connectivity index (χ1v) is 8.04. The monoisotopic (exact) mass is 307 g/mol. The van der Waals surface area contributed by atoms with Crippen LogP contribution in [0.1, 0.15) is 26.7 Å². The van der Waals surface area contributed by atoms with Crippen LogP contribution in [0.4, 0.5) is 0 Å². The minimum atomic E-state index is -0.0671. The number of nitrogens with zero attached hydrogens (tertiary/aromatic N) is 1. The van der Waals surface area contributed by atoms with Gasteiger partial charge in [0.25, 0.3) is 0 Å². The minimum absolute atomic E-state index is 0.0671. The van der Waals surface area contributed by atoms with Gasteiger partial charge in [0.1, 0.15) is 6.29 Å². The summed E-state index contributed by atoms with van der Waals surface area (Å²) in [5.41, 5.74) is 3.05. The molecule has 1 heterocycles. The molecule has 0 saturated heterocycles. The molecule has 1 fully saturated rings. The van der Waals surface area contributed by atoms with E-state index in [2.05, 4.69) is 37.1 Å². The second-order valence-corrected chi connectivity index (χ2v) is 5.88. The Bertz CT molecular complexity index is 645. The van der Waals surface area contributed by atoms with Crippen LogP contribution in [0, 0.1) is 5.92 Å². The Morgan fingerprint density at radius 1 is 1.35 bits per heavy atom. The van der Waals surface area contributed by atoms with E-state index in [1.807, 2.05) is 43.5 Å². The predicted octanol–water partition coefficient (Wildman–Crippen LogP) is 4.87. The van der Waals surface area contributed by atoms with Crippen molar-refractivity contribution in [2.24, 2.45) is 5.92 Å². The summed E-state index contributed by atoms with van der Waals surface area (Å²) in [7, 11) is 0. The second kappa shape index (κ2) is 7.28. The summed E-state index contributed by atoms with van der Waals surface area (Å²) in [4.78, 5) is 13.5. The van der Waals surface area contributed by atoms with Crippen LogP contribution in [-0.4, -0.2) is 16.7 Å². The van der Waals surface area contributed by atoms with Gasteiger partial charge in [0.05, 0.1) is 5.54 Å². The van der Waals surface area contributed by atoms with Crippen LogP contribution in [0.5, 0.6) is 0 Å². The molecule has 0 spiro atoms. The number of aldehydes is 1. The van der Waals surface area contributed by atoms with E-state index in [9.17, 15) is 4.79 Å². The molecule has 2 heteroatoms. The van der Waals surface area contributed by atoms with E-state index in [4.69, 9.17) is 0 Å². The summed E-state index contributed by atoms with van der Waals surface area (Å²) in [6.07, 6.45) is 20.8. The second-order valence-electron chi connectivity index (χ2n) is 5.88. The third kappa shape index (κ3) is 3.07. The fourth-order valence-electron chi connectivity index (χ4n) is 3.45. The van der Waals surface area contributed by atoms with Gasteiger partial charge in [-0.15, -0.1) is 0 Å². The number of hydrogen-bond acceptors (Lipinski definition) is 2. The average molecular weight is 307 g/mol. The summed E-state index contributed by atoms with van der Waals surface area (Å²) in [6.45, 7) is 11.8. The van der Waals surface area contributed by atoms with Crippen molar-refractivity contribution >= 4 is 6.29 Å². The molecule has 1 aliphatic carbocycles. The van der Waals surface area contributed by atoms with Crippen LogP contribution in [0.2, 0.25) is 0 Å². The molecule has 2 aliphatic rings. The van der Waals surface area contributed by atoms with Gasteiger partial charge in [-0.05, 0) is 50.3 Å². The van der Waals surface area contributed by atoms with Gasteiger partial charge < -0.3 is 4.90 Å². The molecule has 0 amide bonds. The van der Waals surface area contributed by atoms with Crippen molar-refractivity contribution in [1.29, 1.82) is 0 Å². The molecule has 2 nitrogen and oxygen atoms in total. The van der Waals surface area contributed by atoms with E-state index in [-0.39, 0.29) is 5.54 Å². The lowest BCUT2D eigenvalue weighted by molar-refractivity contribution is -0.105. The van der Waals surface area contributed by atoms with Crippen molar-refractivity contribution in [3.05, 3.63) is 84.8 Å². The first kappa shape index (κ1) is 17.0. The van der Waals surface area contributed by atoms with E-state index in [1.165, 1.54) is 5.57 Å². The van der Waals surface area contributed by atoms with Crippen LogP contribution in [0.3, 0.4) is 0 Å². The number of carbonyl (C=O) groups is 1. The average Bonchev–Trinajstić information content (AvgIpc) is 3.31. The SMILES string of the molecule is C=C/C=C\C(=C/C)C12C[C@H]1CC(C=O)=CN2/C(C=C)=C/C=C\C. The molecule has 0 aromatic heterocycles. The molecule has 2 rings (SSSR count). The molecule has 2 atom stereocenters. The highest BCUT2D eigenvalue weighted by Gasteiger charge is 2.61. The van der Waals surface area contributed by atoms with Gasteiger partial charge >= 0.3 is 0 Å². The number of carbonyl (C=O) groups excluding carboxylic acids is 1. The standard InChI is InChI=1S/C21H25NO/c1-5-9-11-18(7-3)21-14-19(21)13-17(16-23)15-22(21)20(8-4)12-10-6-2/h5-12,15-16,19H,1,4,13-14H2,2-3H3/b10-6-,11-9-,18-7+,20-12+/t19-,21?/m1/s1. The first-order valence-electron chi connectivity index (χ1n) is 8.04. The summed E-state index contributed by atoms with van der Waals surface area (Å²) in [5, 5.41) is 0. The lowest BCUT2D eigenvalue weighted by atomic mass is 9.92. The van der Waals surface area contributed by atoms with Crippen molar-refractivity contribution in [2.75, 3.05) is 0 Å². The van der Waals surface area contributed by atoms with Crippen molar-refractivity contribution in [3.8, 4) is 0 Å². The Hall–Kier alpha value is -2.35. The third-order valence-corrected chi connectivity index (χ3v) is 4.60. The van der Waals surface area contributed by atoms with Gasteiger partial charge in [-0.25, -0.2) is 0 Å². The highest BCUT2D eigenvalue weighted by Crippen LogP contribution is 2.60. The van der Waals surface area contributed by atoms with Crippen LogP contribution in [0.25, 0.3) is 0 Å². The fourth-order valence-corrected chi connectivity index (χ4v) is 3.45. The van der Waals surface area contributed by atoms with Crippen LogP contribution in [-0.2, 0) is 4.79 Å². The quantitative estimate of drug-likeness (QED) is 0.494. The molecule has 1 aliphatic heterocycles. The summed E-state index contributed by atoms with van der Waals surface area (Å²) in [6, 6.07) is 0. The predicted molar refractivity (Wildman–Crippen MR) is 97.6 cm³/mol. The Balaban J connectivity index is 2.52. The zero-order chi connectivity index (χ0) is 16.9. The molecule has 0 bridgehead atoms. The molecule has 120 valence electrons. The molecule has 0 aromatic carbocycles. The van der Waals surface area contributed by atoms with Gasteiger partial charge in [0.15, 0.2) is 0 Å². The van der Waals surface area contributed by atoms with E-state index >= 15 is 0 Å². The fraction of sp³-hybridized carbons (Fsp3) is 0.286. The van der Waals surface area contributed by atoms with Gasteiger partial charge in [0, 0.05) is 17.5 Å². The van der Waals surface area contributed by atoms with Crippen LogP contribution in [0.15, 0.2) is 84.8 Å². The molecular weight excluding hydrogens is 282 g/mol. The van der Waals surface area contributed by atoms with Crippen molar-refractivity contribution in [1.82, 2.24) is 4.90 Å². The smallest absolute Gasteiger partial charge is 0.147 e. The zero-order valence-corrected chi connectivity index (χ0v) is 14.0. The molecule has 0 radical (unpaired) electrons. The lowest BCUT2D eigenvalue weighted by Crippen LogP contribution is -2.38. The first-order chi connectivity index (χ1) is 11.2. The van der Waals surface area contributed by atoms with Crippen LogP contribution < -0.4 is 0 Å². The van der Waals surface area contributed by atoms with E-state index in [0.717, 1.165) is 30.4 Å². The minimum Gasteiger partial charge on any atom is -0.337 e. The lowest BCUT2D eigenvalue weighted by Gasteiger charge is -2.37. The molecule has 23 heavy (non-hydrogen) atoms. The number of allylic oxidation sites excluding steroid dienone is 8. The molecule has 0 aromatic rings. The number of fused-ring (bicyclic) bond motifs is 1. The Morgan fingerprint density at radius 2 is 2.13 bits per heavy atom. The third-order valence-electron chi connectivity index (χ3n) is 4.60. The molecule has 1 unspecified atom stereocenters. The highest BCUT2D eigenvalue weighted by molar-refractivity contribution is 5.74. The molecule has 1 saturated carbocycles. The molecule has 0 N–H and O–H groups in total. The van der Waals surface area contributed by atoms with Crippen molar-refractivity contribution in [2.45, 2.75) is 32.2 Å². The van der Waals surface area contributed by atoms with E-state index < -0.39 is 0 Å². The van der Waals surface area contributed by atoms with Gasteiger partial charge in [0.2, 0.25) is 0 Å². The van der Waals surface area contributed by atoms with E-state index in [1.54, 1.807) is 6.08 Å². The highest BCUT2D eigenvalue weighted by atomic mass is 16.1. The van der Waals surface area contributed by atoms with Gasteiger partial charge in [-0.1, -0.05) is 49.6 Å². The largest absolute Gasteiger partial charge is 0.337 e. The van der Waals surface area contributed by atoms with Crippen LogP contribution >= 0.6 is 0 Å². The van der Waals surface area contributed by atoms with Crippen molar-refractivity contribution < 1.29 is 4.79 Å². The van der Waals surface area contributed by atoms with Crippen molar-refractivity contribution in [3.63, 3.8) is 0 Å². The topological polar surface area (TPSA) is 20.3 Å². The zero-order valence-electron chi connectivity index (χ0n) is 14.0. The maximum Gasteiger partial charge on any atom is 0.147 e. The number of hydrogen-bond donors (Lipinski definition) is 0. The summed E-state index contributed by atoms with van der Waals surface area (Å²) < 4.78 is 0. The summed E-state index contributed by atoms with van der Waals surface area (Å²) >= 11 is 0. The Labute approximate surface area is 139 Å². The summed E-state index contributed by atoms with van der Waals surface area (Å²) in [5.74, 6) is 0.460. The van der Waals surface area contributed by atoms with Gasteiger partial charge in [-0.3, -0.25) is 4.79 Å². The number of rotatable bonds is 7. The maximum atomic E-state index is 11.3. The Kier molecular flexibility index (Phi) is 5.38. The van der Waals surface area contributed by atoms with Gasteiger partial charge in [-0.2, -0.15) is 0 Å². The maximum absolute atomic E-state index is 11.3. The van der Waals surface area contributed by atoms with E-state index in [0.29, 0.717) is 5.92 Å².